The average Bonchev–Trinajstić information content (AvgIpc) is 2.89. The van der Waals surface area contributed by atoms with Crippen LogP contribution in [0.2, 0.25) is 0 Å². The summed E-state index contributed by atoms with van der Waals surface area (Å²) in [5, 5.41) is 5.25. The van der Waals surface area contributed by atoms with Gasteiger partial charge in [0.05, 0.1) is 0 Å². The number of aromatic nitrogens is 2. The maximum absolute atomic E-state index is 4.63. The lowest BCUT2D eigenvalue weighted by Crippen LogP contribution is -1.93. The molecule has 3 nitrogen and oxygen atoms in total. The molecule has 0 saturated carbocycles. The number of imidazole rings is 1. The first kappa shape index (κ1) is 9.42. The molecule has 0 radical (unpaired) electrons. The molecule has 3 aromatic rings. The number of fused-ring (bicyclic) bond motifs is 1. The van der Waals surface area contributed by atoms with E-state index in [-0.39, 0.29) is 0 Å². The molecule has 0 aliphatic heterocycles. The zero-order valence-corrected chi connectivity index (χ0v) is 9.66. The van der Waals surface area contributed by atoms with E-state index in [9.17, 15) is 0 Å². The van der Waals surface area contributed by atoms with E-state index in [2.05, 4.69) is 26.8 Å². The number of hydrogen-bond acceptors (Lipinski definition) is 3. The Balaban J connectivity index is 2.27. The van der Waals surface area contributed by atoms with E-state index < -0.39 is 0 Å². The molecule has 1 N–H and O–H groups in total. The molecule has 80 valence electrons. The molecule has 0 aliphatic carbocycles. The van der Waals surface area contributed by atoms with Gasteiger partial charge in [0.1, 0.15) is 11.5 Å². The van der Waals surface area contributed by atoms with Gasteiger partial charge >= 0.3 is 0 Å². The summed E-state index contributed by atoms with van der Waals surface area (Å²) in [6.45, 7) is 0. The smallest absolute Gasteiger partial charge is 0.195 e. The van der Waals surface area contributed by atoms with E-state index >= 15 is 0 Å². The lowest BCUT2D eigenvalue weighted by atomic mass is 10.1. The van der Waals surface area contributed by atoms with Crippen LogP contribution in [-0.2, 0) is 0 Å². The minimum atomic E-state index is 1.01. The van der Waals surface area contributed by atoms with Crippen LogP contribution in [0.15, 0.2) is 41.9 Å². The van der Waals surface area contributed by atoms with Crippen LogP contribution in [0.5, 0.6) is 0 Å². The van der Waals surface area contributed by atoms with Gasteiger partial charge in [0.2, 0.25) is 0 Å². The van der Waals surface area contributed by atoms with Crippen LogP contribution in [0.1, 0.15) is 0 Å². The largest absolute Gasteiger partial charge is 0.372 e. The zero-order valence-electron chi connectivity index (χ0n) is 8.84. The van der Waals surface area contributed by atoms with Gasteiger partial charge < -0.3 is 5.32 Å². The van der Waals surface area contributed by atoms with Gasteiger partial charge in [-0.05, 0) is 0 Å². The SMILES string of the molecule is CNc1c(-c2ccccc2)nc2sccn12. The Bertz CT molecular complexity index is 610. The normalized spacial score (nSPS) is 10.8. The zero-order chi connectivity index (χ0) is 11.0. The van der Waals surface area contributed by atoms with Crippen LogP contribution in [0.4, 0.5) is 5.82 Å². The second-order valence-electron chi connectivity index (χ2n) is 3.48. The van der Waals surface area contributed by atoms with Crippen molar-refractivity contribution in [2.75, 3.05) is 12.4 Å². The second kappa shape index (κ2) is 3.64. The van der Waals surface area contributed by atoms with E-state index in [1.54, 1.807) is 11.3 Å². The summed E-state index contributed by atoms with van der Waals surface area (Å²) in [6.07, 6.45) is 2.03. The first-order valence-electron chi connectivity index (χ1n) is 5.09. The standard InChI is InChI=1S/C12H11N3S/c1-13-11-10(9-5-3-2-4-6-9)14-12-15(11)7-8-16-12/h2-8,13H,1H3. The Hall–Kier alpha value is -1.81. The Morgan fingerprint density at radius 2 is 2.06 bits per heavy atom. The number of nitrogens with zero attached hydrogens (tertiary/aromatic N) is 2. The predicted molar refractivity (Wildman–Crippen MR) is 68.1 cm³/mol. The minimum absolute atomic E-state index is 1.01. The van der Waals surface area contributed by atoms with Crippen molar-refractivity contribution in [3.8, 4) is 11.3 Å². The molecule has 0 aliphatic rings. The summed E-state index contributed by atoms with van der Waals surface area (Å²) in [6, 6.07) is 10.2. The van der Waals surface area contributed by atoms with Crippen molar-refractivity contribution < 1.29 is 0 Å². The monoisotopic (exact) mass is 229 g/mol. The Labute approximate surface area is 97.4 Å². The summed E-state index contributed by atoms with van der Waals surface area (Å²) in [7, 11) is 1.92. The van der Waals surface area contributed by atoms with Crippen LogP contribution in [0.25, 0.3) is 16.2 Å². The Morgan fingerprint density at radius 3 is 2.81 bits per heavy atom. The van der Waals surface area contributed by atoms with E-state index in [1.165, 1.54) is 0 Å². The second-order valence-corrected chi connectivity index (χ2v) is 4.35. The number of anilines is 1. The van der Waals surface area contributed by atoms with Gasteiger partial charge in [-0.1, -0.05) is 30.3 Å². The third-order valence-corrected chi connectivity index (χ3v) is 3.30. The minimum Gasteiger partial charge on any atom is -0.372 e. The fourth-order valence-corrected chi connectivity index (χ4v) is 2.54. The predicted octanol–water partition coefficient (Wildman–Crippen LogP) is 3.10. The van der Waals surface area contributed by atoms with Crippen LogP contribution >= 0.6 is 11.3 Å². The summed E-state index contributed by atoms with van der Waals surface area (Å²) in [5.41, 5.74) is 2.15. The molecule has 0 amide bonds. The van der Waals surface area contributed by atoms with Crippen molar-refractivity contribution in [3.63, 3.8) is 0 Å². The van der Waals surface area contributed by atoms with Gasteiger partial charge in [0.15, 0.2) is 4.96 Å². The molecule has 0 spiro atoms. The highest BCUT2D eigenvalue weighted by Crippen LogP contribution is 2.29. The van der Waals surface area contributed by atoms with Crippen LogP contribution < -0.4 is 5.32 Å². The van der Waals surface area contributed by atoms with Gasteiger partial charge in [-0.25, -0.2) is 4.98 Å². The van der Waals surface area contributed by atoms with Gasteiger partial charge in [-0.2, -0.15) is 0 Å². The topological polar surface area (TPSA) is 29.3 Å². The molecular weight excluding hydrogens is 218 g/mol. The number of thiazole rings is 1. The fraction of sp³-hybridized carbons (Fsp3) is 0.0833. The fourth-order valence-electron chi connectivity index (χ4n) is 1.82. The molecule has 16 heavy (non-hydrogen) atoms. The first-order valence-corrected chi connectivity index (χ1v) is 5.97. The van der Waals surface area contributed by atoms with Crippen molar-refractivity contribution >= 4 is 22.1 Å². The molecule has 0 saturated heterocycles. The summed E-state index contributed by atoms with van der Waals surface area (Å²) < 4.78 is 2.08. The van der Waals surface area contributed by atoms with Crippen molar-refractivity contribution in [3.05, 3.63) is 41.9 Å². The highest BCUT2D eigenvalue weighted by Gasteiger charge is 2.12. The molecule has 0 bridgehead atoms. The lowest BCUT2D eigenvalue weighted by molar-refractivity contribution is 1.21. The van der Waals surface area contributed by atoms with Crippen molar-refractivity contribution in [1.29, 1.82) is 0 Å². The number of benzene rings is 1. The van der Waals surface area contributed by atoms with E-state index in [1.807, 2.05) is 36.8 Å². The summed E-state index contributed by atoms with van der Waals surface area (Å²) in [5.74, 6) is 1.04. The Kier molecular flexibility index (Phi) is 2.15. The molecule has 4 heteroatoms. The lowest BCUT2D eigenvalue weighted by Gasteiger charge is -2.02. The molecule has 3 rings (SSSR count). The van der Waals surface area contributed by atoms with Gasteiger partial charge in [0, 0.05) is 24.2 Å². The molecule has 0 atom stereocenters. The highest BCUT2D eigenvalue weighted by molar-refractivity contribution is 7.15. The quantitative estimate of drug-likeness (QED) is 0.731. The van der Waals surface area contributed by atoms with Crippen molar-refractivity contribution in [1.82, 2.24) is 9.38 Å². The molecule has 0 unspecified atom stereocenters. The number of nitrogens with one attached hydrogen (secondary N) is 1. The summed E-state index contributed by atoms with van der Waals surface area (Å²) >= 11 is 1.64. The average molecular weight is 229 g/mol. The molecule has 1 aromatic carbocycles. The van der Waals surface area contributed by atoms with Crippen molar-refractivity contribution in [2.45, 2.75) is 0 Å². The number of rotatable bonds is 2. The van der Waals surface area contributed by atoms with Crippen LogP contribution in [0.3, 0.4) is 0 Å². The van der Waals surface area contributed by atoms with E-state index in [4.69, 9.17) is 0 Å². The van der Waals surface area contributed by atoms with Gasteiger partial charge in [-0.15, -0.1) is 11.3 Å². The number of hydrogen-bond donors (Lipinski definition) is 1. The molecule has 2 aromatic heterocycles. The van der Waals surface area contributed by atoms with Crippen LogP contribution in [0, 0.1) is 0 Å². The van der Waals surface area contributed by atoms with Crippen LogP contribution in [-0.4, -0.2) is 16.4 Å². The third-order valence-electron chi connectivity index (χ3n) is 2.55. The van der Waals surface area contributed by atoms with Gasteiger partial charge in [0.25, 0.3) is 0 Å². The first-order chi connectivity index (χ1) is 7.90. The molecular formula is C12H11N3S. The van der Waals surface area contributed by atoms with E-state index in [0.29, 0.717) is 0 Å². The maximum atomic E-state index is 4.63. The van der Waals surface area contributed by atoms with E-state index in [0.717, 1.165) is 22.0 Å². The Morgan fingerprint density at radius 1 is 1.25 bits per heavy atom. The summed E-state index contributed by atoms with van der Waals surface area (Å²) in [4.78, 5) is 5.65. The molecule has 0 fully saturated rings. The van der Waals surface area contributed by atoms with Crippen molar-refractivity contribution in [2.24, 2.45) is 0 Å². The molecule has 2 heterocycles. The van der Waals surface area contributed by atoms with Gasteiger partial charge in [-0.3, -0.25) is 4.40 Å². The third kappa shape index (κ3) is 1.31. The maximum Gasteiger partial charge on any atom is 0.195 e. The highest BCUT2D eigenvalue weighted by atomic mass is 32.1.